The van der Waals surface area contributed by atoms with E-state index >= 15 is 0 Å². The van der Waals surface area contributed by atoms with Gasteiger partial charge >= 0.3 is 19.8 Å². The Labute approximate surface area is 341 Å². The van der Waals surface area contributed by atoms with Crippen LogP contribution in [-0.2, 0) is 57.0 Å². The lowest BCUT2D eigenvalue weighted by molar-refractivity contribution is -0.142. The van der Waals surface area contributed by atoms with Crippen molar-refractivity contribution in [1.82, 2.24) is 31.9 Å². The highest BCUT2D eigenvalue weighted by Crippen LogP contribution is 2.35. The van der Waals surface area contributed by atoms with Gasteiger partial charge in [0.2, 0.25) is 47.3 Å². The number of amides is 8. The number of aliphatic hydroxyl groups is 1. The van der Waals surface area contributed by atoms with Crippen LogP contribution < -0.4 is 49.1 Å². The summed E-state index contributed by atoms with van der Waals surface area (Å²) in [6.45, 7) is 1.12. The Hall–Kier alpha value is -6.34. The number of primary amides is 2. The largest absolute Gasteiger partial charge is 0.551 e. The second-order valence-electron chi connectivity index (χ2n) is 13.1. The van der Waals surface area contributed by atoms with Gasteiger partial charge in [0.05, 0.1) is 12.6 Å². The summed E-state index contributed by atoms with van der Waals surface area (Å²) in [4.78, 5) is 144. The Kier molecular flexibility index (Phi) is 21.1. The summed E-state index contributed by atoms with van der Waals surface area (Å²) in [5.41, 5.74) is 16.1. The van der Waals surface area contributed by atoms with Crippen LogP contribution in [0.3, 0.4) is 0 Å². The first-order valence-corrected chi connectivity index (χ1v) is 19.3. The third-order valence-corrected chi connectivity index (χ3v) is 8.41. The van der Waals surface area contributed by atoms with Crippen molar-refractivity contribution in [3.05, 3.63) is 42.1 Å². The predicted molar refractivity (Wildman–Crippen MR) is 203 cm³/mol. The van der Waals surface area contributed by atoms with E-state index in [1.807, 2.05) is 0 Å². The molecule has 8 amide bonds. The average Bonchev–Trinajstić information content (AvgIpc) is 3.14. The molecule has 0 aliphatic heterocycles. The van der Waals surface area contributed by atoms with Gasteiger partial charge in [0, 0.05) is 25.0 Å². The van der Waals surface area contributed by atoms with Gasteiger partial charge < -0.3 is 74.2 Å². The van der Waals surface area contributed by atoms with Gasteiger partial charge in [0.15, 0.2) is 0 Å². The summed E-state index contributed by atoms with van der Waals surface area (Å²) in [5, 5.41) is 41.4. The van der Waals surface area contributed by atoms with Gasteiger partial charge in [-0.2, -0.15) is 0 Å². The minimum Gasteiger partial charge on any atom is -0.551 e. The van der Waals surface area contributed by atoms with Crippen LogP contribution in [0, 0.1) is 6.42 Å². The Bertz CT molecular complexity index is 1800. The van der Waals surface area contributed by atoms with Crippen molar-refractivity contribution in [2.24, 2.45) is 17.2 Å². The lowest BCUT2D eigenvalue weighted by Gasteiger charge is -2.27. The molecule has 1 rings (SSSR count). The second-order valence-corrected chi connectivity index (χ2v) is 14.3. The van der Waals surface area contributed by atoms with E-state index in [9.17, 15) is 77.6 Å². The number of carbonyl (C=O) groups is 10. The standard InChI is InChI=1S/C33H49N9O17P/c1-15(34)27(48)38-19(7-10-24(35)44)29(50)37-16(2)28(49)42-23(14-59-60(56,57)58)32(53)40-20(8-11-25(36)45)30(51)39-21(9-12-26(46)47)31(52)41-22(33(54)55)13-17-3-5-18(43)6-4-17/h3-6,13,15-16,19-23,43H,7-12,14,34H2,1-2H3,(H2,35,44)(H2,36,45)(H,37,50)(H,38,48)(H,39,51)(H,40,53)(H,41,52)(H,42,49)(H,46,47)(H,54,55)(H2,56,57,58)/q-1/t15-,16-,19-,20-,21-,22-,23-/m0/s1. The summed E-state index contributed by atoms with van der Waals surface area (Å²) in [6.07, 6.45) is 2.87. The van der Waals surface area contributed by atoms with E-state index in [0.717, 1.165) is 13.0 Å². The van der Waals surface area contributed by atoms with Crippen LogP contribution >= 0.6 is 7.82 Å². The fourth-order valence-electron chi connectivity index (χ4n) is 4.73. The van der Waals surface area contributed by atoms with Gasteiger partial charge in [-0.1, -0.05) is 0 Å². The Morgan fingerprint density at radius 3 is 1.58 bits per heavy atom. The molecule has 1 aliphatic carbocycles. The maximum Gasteiger partial charge on any atom is 0.469 e. The number of aliphatic hydroxyl groups excluding tert-OH is 1. The zero-order valence-electron chi connectivity index (χ0n) is 32.2. The van der Waals surface area contributed by atoms with Crippen LogP contribution in [0.1, 0.15) is 52.4 Å². The number of hydrogen-bond donors (Lipinski definition) is 14. The van der Waals surface area contributed by atoms with Crippen LogP contribution in [-0.4, -0.2) is 133 Å². The van der Waals surface area contributed by atoms with Crippen molar-refractivity contribution >= 4 is 67.0 Å². The molecule has 0 aromatic rings. The number of carboxylic acid groups (broad SMARTS) is 2. The molecule has 0 aromatic heterocycles. The highest BCUT2D eigenvalue weighted by molar-refractivity contribution is 7.46. The summed E-state index contributed by atoms with van der Waals surface area (Å²) < 4.78 is 15.9. The lowest BCUT2D eigenvalue weighted by atomic mass is 10.0. The van der Waals surface area contributed by atoms with Crippen LogP contribution in [0.2, 0.25) is 0 Å². The number of carbonyl (C=O) groups excluding carboxylic acids is 8. The third kappa shape index (κ3) is 20.4. The van der Waals surface area contributed by atoms with Crippen LogP contribution in [0.5, 0.6) is 0 Å². The molecular weight excluding hydrogens is 825 g/mol. The second kappa shape index (κ2) is 24.6. The van der Waals surface area contributed by atoms with Gasteiger partial charge in [0.25, 0.3) is 0 Å². The molecule has 60 heavy (non-hydrogen) atoms. The van der Waals surface area contributed by atoms with Gasteiger partial charge in [-0.05, 0) is 33.1 Å². The molecule has 334 valence electrons. The zero-order chi connectivity index (χ0) is 45.9. The zero-order valence-corrected chi connectivity index (χ0v) is 33.1. The molecule has 0 saturated carbocycles. The van der Waals surface area contributed by atoms with Gasteiger partial charge in [-0.25, -0.2) is 4.57 Å². The van der Waals surface area contributed by atoms with Gasteiger partial charge in [-0.15, -0.1) is 36.3 Å². The number of phosphoric ester groups is 1. The minimum absolute atomic E-state index is 0.145. The van der Waals surface area contributed by atoms with Crippen LogP contribution in [0.25, 0.3) is 0 Å². The van der Waals surface area contributed by atoms with E-state index in [1.54, 1.807) is 0 Å². The number of carboxylic acids is 2. The van der Waals surface area contributed by atoms with Crippen molar-refractivity contribution in [1.29, 1.82) is 0 Å². The van der Waals surface area contributed by atoms with E-state index in [4.69, 9.17) is 17.2 Å². The molecule has 0 radical (unpaired) electrons. The number of hydrogen-bond acceptors (Lipinski definition) is 14. The Morgan fingerprint density at radius 1 is 0.700 bits per heavy atom. The number of phosphoric acid groups is 1. The van der Waals surface area contributed by atoms with Crippen molar-refractivity contribution < 1.29 is 82.1 Å². The molecule has 0 fully saturated rings. The van der Waals surface area contributed by atoms with Crippen LogP contribution in [0.4, 0.5) is 0 Å². The first-order valence-electron chi connectivity index (χ1n) is 17.7. The van der Waals surface area contributed by atoms with Gasteiger partial charge in [-0.3, -0.25) is 52.5 Å². The van der Waals surface area contributed by atoms with Gasteiger partial charge in [0.1, 0.15) is 36.3 Å². The topological polar surface area (TPSA) is 448 Å². The van der Waals surface area contributed by atoms with Crippen molar-refractivity contribution in [2.75, 3.05) is 6.61 Å². The normalized spacial score (nSPS) is 16.4. The fraction of sp³-hybridized carbons (Fsp3) is 0.485. The molecule has 0 unspecified atom stereocenters. The minimum atomic E-state index is -5.35. The molecule has 26 nitrogen and oxygen atoms in total. The molecule has 1 aliphatic rings. The molecule has 0 heterocycles. The summed E-state index contributed by atoms with van der Waals surface area (Å²) in [5.74, 6) is -11.9. The third-order valence-electron chi connectivity index (χ3n) is 7.93. The van der Waals surface area contributed by atoms with E-state index in [0.29, 0.717) is 0 Å². The molecule has 0 aromatic carbocycles. The average molecular weight is 875 g/mol. The number of nitrogens with two attached hydrogens (primary N) is 3. The molecule has 7 atom stereocenters. The molecule has 0 saturated heterocycles. The number of rotatable bonds is 26. The number of nitrogens with one attached hydrogen (secondary N) is 6. The Morgan fingerprint density at radius 2 is 1.15 bits per heavy atom. The number of allylic oxidation sites excluding steroid dienone is 4. The highest BCUT2D eigenvalue weighted by atomic mass is 31.2. The molecule has 0 bridgehead atoms. The molecular formula is C33H49N9O17P-. The molecule has 0 spiro atoms. The smallest absolute Gasteiger partial charge is 0.469 e. The summed E-state index contributed by atoms with van der Waals surface area (Å²) >= 11 is 0. The first kappa shape index (κ1) is 51.7. The van der Waals surface area contributed by atoms with E-state index in [-0.39, 0.29) is 24.2 Å². The van der Waals surface area contributed by atoms with Crippen molar-refractivity contribution in [2.45, 2.75) is 94.7 Å². The molecule has 27 heteroatoms. The van der Waals surface area contributed by atoms with Crippen molar-refractivity contribution in [3.8, 4) is 0 Å². The summed E-state index contributed by atoms with van der Waals surface area (Å²) in [6, 6.07) is -11.6. The van der Waals surface area contributed by atoms with Crippen LogP contribution in [0.15, 0.2) is 35.6 Å². The van der Waals surface area contributed by atoms with E-state index in [2.05, 4.69) is 36.4 Å². The number of aliphatic carboxylic acids is 2. The van der Waals surface area contributed by atoms with E-state index < -0.39 is 142 Å². The predicted octanol–water partition coefficient (Wildman–Crippen LogP) is -5.01. The summed E-state index contributed by atoms with van der Waals surface area (Å²) in [7, 11) is -5.35. The molecule has 17 N–H and O–H groups in total. The quantitative estimate of drug-likeness (QED) is 0.0286. The van der Waals surface area contributed by atoms with E-state index in [1.165, 1.54) is 31.6 Å². The maximum absolute atomic E-state index is 13.6. The SMILES string of the molecule is C[C@H](N)C(=O)N[C@@H](CCC(N)=O)C(=O)N[C@@H](C)C(=O)N[C@@H](COP(=O)(O)O)C(=O)N[C@@H](CCC(N)=O)C(=O)N[C@@H](CCC(=O)O)C(=O)N[C@@H](/C=C1/C=CC(O)=C[CH-]1)C(=O)O. The highest BCUT2D eigenvalue weighted by Gasteiger charge is 2.34. The fourth-order valence-corrected chi connectivity index (χ4v) is 5.08. The maximum atomic E-state index is 13.6. The lowest BCUT2D eigenvalue weighted by Crippen LogP contribution is -2.60. The van der Waals surface area contributed by atoms with Crippen molar-refractivity contribution in [3.63, 3.8) is 0 Å². The Balaban J connectivity index is 3.35. The monoisotopic (exact) mass is 874 g/mol. The first-order chi connectivity index (χ1) is 27.8.